The van der Waals surface area contributed by atoms with E-state index in [0.29, 0.717) is 12.1 Å². The number of fused-ring (bicyclic) bond motifs is 6. The number of aliphatic hydroxyl groups excluding tert-OH is 2. The van der Waals surface area contributed by atoms with Crippen molar-refractivity contribution in [2.45, 2.75) is 87.0 Å². The van der Waals surface area contributed by atoms with Crippen molar-refractivity contribution in [2.24, 2.45) is 22.7 Å². The van der Waals surface area contributed by atoms with Crippen LogP contribution in [0.1, 0.15) is 50.7 Å². The average molecular weight is 587 g/mol. The van der Waals surface area contributed by atoms with Crippen LogP contribution in [0.5, 0.6) is 0 Å². The molecule has 8 heterocycles. The molecule has 8 aliphatic heterocycles. The molecule has 2 saturated carbocycles. The van der Waals surface area contributed by atoms with E-state index in [-0.39, 0.29) is 34.7 Å². The smallest absolute Gasteiger partial charge is 0.136 e. The Hall–Kier alpha value is -2.64. The Morgan fingerprint density at radius 2 is 1.09 bits per heavy atom. The summed E-state index contributed by atoms with van der Waals surface area (Å²) in [7, 11) is 0. The number of anilines is 2. The Labute approximate surface area is 259 Å². The number of allylic oxidation sites excluding steroid dienone is 2. The quantitative estimate of drug-likeness (QED) is 0.456. The van der Waals surface area contributed by atoms with Crippen molar-refractivity contribution in [3.8, 4) is 0 Å². The van der Waals surface area contributed by atoms with Gasteiger partial charge in [0.1, 0.15) is 12.5 Å². The van der Waals surface area contributed by atoms with Crippen LogP contribution in [0.4, 0.5) is 11.4 Å². The monoisotopic (exact) mass is 586 g/mol. The first kappa shape index (κ1) is 24.6. The van der Waals surface area contributed by atoms with E-state index in [1.54, 1.807) is 0 Å². The van der Waals surface area contributed by atoms with Crippen molar-refractivity contribution in [2.75, 3.05) is 36.0 Å². The Morgan fingerprint density at radius 3 is 1.52 bits per heavy atom. The lowest BCUT2D eigenvalue weighted by atomic mass is 9.36. The van der Waals surface area contributed by atoms with Crippen molar-refractivity contribution < 1.29 is 10.2 Å². The molecule has 8 fully saturated rings. The minimum absolute atomic E-state index is 0.0744. The van der Waals surface area contributed by atoms with Crippen molar-refractivity contribution in [3.63, 3.8) is 0 Å². The molecule has 44 heavy (non-hydrogen) atoms. The van der Waals surface area contributed by atoms with Gasteiger partial charge >= 0.3 is 0 Å². The largest absolute Gasteiger partial charge is 0.373 e. The molecule has 10 aliphatic rings. The molecule has 12 atom stereocenters. The second-order valence-corrected chi connectivity index (χ2v) is 16.1. The Kier molecular flexibility index (Phi) is 4.01. The number of para-hydroxylation sites is 2. The first-order chi connectivity index (χ1) is 21.5. The number of benzene rings is 2. The van der Waals surface area contributed by atoms with E-state index >= 15 is 0 Å². The van der Waals surface area contributed by atoms with Crippen molar-refractivity contribution >= 4 is 11.4 Å². The highest BCUT2D eigenvalue weighted by molar-refractivity contribution is 5.77. The maximum absolute atomic E-state index is 13.7. The fourth-order valence-corrected chi connectivity index (χ4v) is 15.5. The minimum atomic E-state index is -0.650. The van der Waals surface area contributed by atoms with Crippen molar-refractivity contribution in [1.82, 2.24) is 9.80 Å². The molecule has 0 aromatic heterocycles. The van der Waals surface area contributed by atoms with Gasteiger partial charge < -0.3 is 20.0 Å². The van der Waals surface area contributed by atoms with Gasteiger partial charge in [-0.1, -0.05) is 59.7 Å². The van der Waals surface area contributed by atoms with Gasteiger partial charge in [-0.2, -0.15) is 0 Å². The summed E-state index contributed by atoms with van der Waals surface area (Å²) in [5, 5.41) is 27.3. The molecule has 2 aromatic rings. The number of nitrogens with zero attached hydrogens (tertiary/aromatic N) is 4. The molecule has 6 nitrogen and oxygen atoms in total. The van der Waals surface area contributed by atoms with Crippen molar-refractivity contribution in [1.29, 1.82) is 0 Å². The highest BCUT2D eigenvalue weighted by Crippen LogP contribution is 2.86. The minimum Gasteiger partial charge on any atom is -0.373 e. The van der Waals surface area contributed by atoms with Crippen LogP contribution in [0.25, 0.3) is 0 Å². The molecular weight excluding hydrogens is 544 g/mol. The summed E-state index contributed by atoms with van der Waals surface area (Å²) in [6.45, 7) is 8.70. The molecule has 2 N–H and O–H groups in total. The molecule has 0 radical (unpaired) electrons. The summed E-state index contributed by atoms with van der Waals surface area (Å²) >= 11 is 0. The molecule has 0 unspecified atom stereocenters. The summed E-state index contributed by atoms with van der Waals surface area (Å²) in [5.74, 6) is 0.496. The Morgan fingerprint density at radius 1 is 0.659 bits per heavy atom. The molecule has 4 bridgehead atoms. The van der Waals surface area contributed by atoms with Crippen LogP contribution in [0.15, 0.2) is 71.8 Å². The number of aliphatic hydroxyl groups is 2. The third kappa shape index (κ3) is 1.95. The van der Waals surface area contributed by atoms with E-state index in [2.05, 4.69) is 94.1 Å². The summed E-state index contributed by atoms with van der Waals surface area (Å²) < 4.78 is 0. The van der Waals surface area contributed by atoms with Crippen molar-refractivity contribution in [3.05, 3.63) is 83.0 Å². The fraction of sp³-hybridized carbons (Fsp3) is 0.579. The molecular formula is C38H42N4O2. The third-order valence-corrected chi connectivity index (χ3v) is 16.1. The predicted octanol–water partition coefficient (Wildman–Crippen LogP) is 3.98. The van der Waals surface area contributed by atoms with Gasteiger partial charge in [-0.05, 0) is 87.7 Å². The van der Waals surface area contributed by atoms with Crippen LogP contribution in [0.3, 0.4) is 0 Å². The zero-order valence-electron chi connectivity index (χ0n) is 25.7. The second-order valence-electron chi connectivity index (χ2n) is 16.1. The van der Waals surface area contributed by atoms with Gasteiger partial charge in [-0.15, -0.1) is 0 Å². The van der Waals surface area contributed by atoms with Gasteiger partial charge in [0.05, 0.1) is 22.9 Å². The molecule has 6 saturated heterocycles. The lowest BCUT2D eigenvalue weighted by Crippen LogP contribution is -2.75. The van der Waals surface area contributed by atoms with Gasteiger partial charge in [-0.3, -0.25) is 9.80 Å². The normalized spacial score (nSPS) is 52.9. The van der Waals surface area contributed by atoms with Crippen LogP contribution in [-0.4, -0.2) is 82.8 Å². The third-order valence-electron chi connectivity index (χ3n) is 16.1. The van der Waals surface area contributed by atoms with E-state index in [0.717, 1.165) is 51.9 Å². The standard InChI is InChI=1S/C38H42N4O2/c1-3-21-19-39-15-13-35-23-9-5-7-11-27(23)41-31(35)37(25(21)17-29(35)39)33(43)42-28-12-8-6-10-24(28)36-14-16-40-20-22(4-2)26(18-30(36)40)38(37,32(36)42)34(41)44/h3-12,25-26,29-34,43-44H,13-20H2,1-2H3/b21-3-,22-4-/t25-,26+,29-,30-,31+,32+,33+,34-,35+,36+,37+,38-/m0/s1. The first-order valence-corrected chi connectivity index (χ1v) is 17.4. The van der Waals surface area contributed by atoms with Gasteiger partial charge in [0, 0.05) is 47.4 Å². The summed E-state index contributed by atoms with van der Waals surface area (Å²) in [5.41, 5.74) is 7.29. The van der Waals surface area contributed by atoms with E-state index in [1.165, 1.54) is 33.6 Å². The lowest BCUT2D eigenvalue weighted by Gasteiger charge is -2.67. The summed E-state index contributed by atoms with van der Waals surface area (Å²) in [6, 6.07) is 19.3. The van der Waals surface area contributed by atoms with Gasteiger partial charge in [-0.25, -0.2) is 0 Å². The van der Waals surface area contributed by atoms with Crippen LogP contribution in [0.2, 0.25) is 0 Å². The van der Waals surface area contributed by atoms with E-state index in [9.17, 15) is 10.2 Å². The summed E-state index contributed by atoms with van der Waals surface area (Å²) in [6.07, 6.45) is 7.92. The number of rotatable bonds is 0. The second kappa shape index (κ2) is 7.17. The fourth-order valence-electron chi connectivity index (χ4n) is 15.5. The molecule has 6 heteroatoms. The molecule has 2 aromatic carbocycles. The molecule has 2 aliphatic carbocycles. The molecule has 4 spiro atoms. The molecule has 12 rings (SSSR count). The Bertz CT molecular complexity index is 1640. The number of hydrogen-bond donors (Lipinski definition) is 2. The van der Waals surface area contributed by atoms with E-state index < -0.39 is 23.3 Å². The van der Waals surface area contributed by atoms with Crippen LogP contribution in [-0.2, 0) is 10.8 Å². The highest BCUT2D eigenvalue weighted by Gasteiger charge is 2.94. The van der Waals surface area contributed by atoms with Gasteiger partial charge in [0.2, 0.25) is 0 Å². The first-order valence-electron chi connectivity index (χ1n) is 17.4. The number of hydrogen-bond acceptors (Lipinski definition) is 6. The van der Waals surface area contributed by atoms with Gasteiger partial charge in [0.25, 0.3) is 0 Å². The lowest BCUT2D eigenvalue weighted by molar-refractivity contribution is -0.176. The zero-order chi connectivity index (χ0) is 29.1. The zero-order valence-corrected chi connectivity index (χ0v) is 25.7. The van der Waals surface area contributed by atoms with Crippen LogP contribution < -0.4 is 9.80 Å². The topological polar surface area (TPSA) is 53.4 Å². The van der Waals surface area contributed by atoms with Gasteiger partial charge in [0.15, 0.2) is 0 Å². The van der Waals surface area contributed by atoms with Crippen LogP contribution in [0, 0.1) is 22.7 Å². The predicted molar refractivity (Wildman–Crippen MR) is 169 cm³/mol. The Balaban J connectivity index is 1.26. The van der Waals surface area contributed by atoms with E-state index in [1.807, 2.05) is 0 Å². The van der Waals surface area contributed by atoms with E-state index in [4.69, 9.17) is 0 Å². The van der Waals surface area contributed by atoms with Crippen LogP contribution >= 0.6 is 0 Å². The average Bonchev–Trinajstić information content (AvgIpc) is 3.86. The summed E-state index contributed by atoms with van der Waals surface area (Å²) in [4.78, 5) is 10.6. The maximum Gasteiger partial charge on any atom is 0.136 e. The number of piperidine rings is 2. The SMILES string of the molecule is C/C=C1/CN2CC[C@]34c5ccccc5N5[C@H]3[C@@]3([C@@H]1C[C@H]24)[C@H](O)N1c2ccccc2[C@]24CCN6C/C(=C/C)[C@H](C[C@H]62)[C@@]3([C@H]14)[C@H]5O. The maximum atomic E-state index is 13.7. The molecule has 226 valence electrons. The molecule has 0 amide bonds. The highest BCUT2D eigenvalue weighted by atomic mass is 16.3.